The Labute approximate surface area is 174 Å². The van der Waals surface area contributed by atoms with Crippen LogP contribution in [0.1, 0.15) is 5.56 Å². The van der Waals surface area contributed by atoms with Crippen LogP contribution in [0.4, 0.5) is 10.5 Å². The van der Waals surface area contributed by atoms with E-state index in [0.717, 1.165) is 28.0 Å². The van der Waals surface area contributed by atoms with Crippen molar-refractivity contribution in [3.8, 4) is 0 Å². The minimum Gasteiger partial charge on any atom is -0.361 e. The van der Waals surface area contributed by atoms with Gasteiger partial charge in [0.25, 0.3) is 0 Å². The van der Waals surface area contributed by atoms with E-state index in [9.17, 15) is 9.59 Å². The lowest BCUT2D eigenvalue weighted by Gasteiger charge is -2.29. The third-order valence-electron chi connectivity index (χ3n) is 5.02. The molecular formula is C22H24N4O2S. The summed E-state index contributed by atoms with van der Waals surface area (Å²) in [6, 6.07) is 16.6. The van der Waals surface area contributed by atoms with Gasteiger partial charge >= 0.3 is 6.03 Å². The van der Waals surface area contributed by atoms with Crippen LogP contribution in [0.2, 0.25) is 0 Å². The van der Waals surface area contributed by atoms with Crippen molar-refractivity contribution in [1.29, 1.82) is 0 Å². The number of anilines is 1. The molecule has 2 heterocycles. The Morgan fingerprint density at radius 3 is 2.66 bits per heavy atom. The van der Waals surface area contributed by atoms with Gasteiger partial charge in [-0.05, 0) is 29.8 Å². The number of amides is 3. The van der Waals surface area contributed by atoms with E-state index in [1.165, 1.54) is 0 Å². The molecule has 0 radical (unpaired) electrons. The second-order valence-electron chi connectivity index (χ2n) is 7.06. The molecule has 7 heteroatoms. The summed E-state index contributed by atoms with van der Waals surface area (Å²) < 4.78 is 0. The monoisotopic (exact) mass is 408 g/mol. The zero-order chi connectivity index (χ0) is 20.1. The highest BCUT2D eigenvalue weighted by Gasteiger charge is 2.25. The number of urea groups is 1. The Balaban J connectivity index is 1.49. The van der Waals surface area contributed by atoms with Gasteiger partial charge in [0.15, 0.2) is 0 Å². The van der Waals surface area contributed by atoms with E-state index in [1.807, 2.05) is 72.6 Å². The molecule has 1 aliphatic heterocycles. The van der Waals surface area contributed by atoms with Crippen LogP contribution < -0.4 is 10.6 Å². The van der Waals surface area contributed by atoms with Crippen LogP contribution in [-0.2, 0) is 11.2 Å². The summed E-state index contributed by atoms with van der Waals surface area (Å²) in [5.74, 6) is 1.64. The molecule has 0 saturated carbocycles. The van der Waals surface area contributed by atoms with Gasteiger partial charge in [-0.3, -0.25) is 4.79 Å². The zero-order valence-corrected chi connectivity index (χ0v) is 16.9. The Kier molecular flexibility index (Phi) is 6.05. The molecule has 6 nitrogen and oxygen atoms in total. The van der Waals surface area contributed by atoms with Gasteiger partial charge in [-0.25, -0.2) is 4.79 Å². The van der Waals surface area contributed by atoms with Crippen LogP contribution in [0.3, 0.4) is 0 Å². The average Bonchev–Trinajstić information content (AvgIpc) is 3.22. The van der Waals surface area contributed by atoms with Crippen LogP contribution in [0.15, 0.2) is 60.8 Å². The average molecular weight is 409 g/mol. The van der Waals surface area contributed by atoms with Gasteiger partial charge in [-0.2, -0.15) is 11.8 Å². The lowest BCUT2D eigenvalue weighted by atomic mass is 10.1. The molecule has 3 N–H and O–H groups in total. The van der Waals surface area contributed by atoms with Crippen LogP contribution in [-0.4, -0.2) is 52.5 Å². The standard InChI is InChI=1S/C22H24N4O2S/c27-21(24-18-6-7-19-17(15-18)8-9-23-19)20(14-16-4-2-1-3-5-16)25-22(28)26-10-12-29-13-11-26/h1-9,15,20,23H,10-14H2,(H,24,27)(H,25,28)/t20-/m1/s1. The van der Waals surface area contributed by atoms with Gasteiger partial charge in [0.1, 0.15) is 6.04 Å². The molecule has 0 unspecified atom stereocenters. The molecular weight excluding hydrogens is 384 g/mol. The van der Waals surface area contributed by atoms with Crippen molar-refractivity contribution >= 4 is 40.3 Å². The van der Waals surface area contributed by atoms with E-state index in [0.29, 0.717) is 25.2 Å². The molecule has 1 aliphatic rings. The van der Waals surface area contributed by atoms with Crippen LogP contribution in [0, 0.1) is 0 Å². The van der Waals surface area contributed by atoms with Crippen molar-refractivity contribution in [3.05, 3.63) is 66.4 Å². The number of carbonyl (C=O) groups is 2. The first-order valence-corrected chi connectivity index (χ1v) is 10.9. The Hall–Kier alpha value is -2.93. The number of nitrogens with zero attached hydrogens (tertiary/aromatic N) is 1. The molecule has 150 valence electrons. The first kappa shape index (κ1) is 19.4. The van der Waals surface area contributed by atoms with Crippen LogP contribution >= 0.6 is 11.8 Å². The van der Waals surface area contributed by atoms with Crippen molar-refractivity contribution in [2.75, 3.05) is 29.9 Å². The Morgan fingerprint density at radius 1 is 1.07 bits per heavy atom. The highest BCUT2D eigenvalue weighted by atomic mass is 32.2. The largest absolute Gasteiger partial charge is 0.361 e. The number of nitrogens with one attached hydrogen (secondary N) is 3. The first-order chi connectivity index (χ1) is 14.2. The number of fused-ring (bicyclic) bond motifs is 1. The van der Waals surface area contributed by atoms with E-state index >= 15 is 0 Å². The molecule has 3 amide bonds. The SMILES string of the molecule is O=C(Nc1ccc2[nH]ccc2c1)[C@@H](Cc1ccccc1)NC(=O)N1CCSCC1. The number of carbonyl (C=O) groups excluding carboxylic acids is 2. The number of rotatable bonds is 5. The highest BCUT2D eigenvalue weighted by molar-refractivity contribution is 7.99. The number of benzene rings is 2. The number of aromatic nitrogens is 1. The first-order valence-electron chi connectivity index (χ1n) is 9.74. The maximum Gasteiger partial charge on any atom is 0.318 e. The van der Waals surface area contributed by atoms with Crippen molar-refractivity contribution in [2.24, 2.45) is 0 Å². The van der Waals surface area contributed by atoms with E-state index in [1.54, 1.807) is 4.90 Å². The van der Waals surface area contributed by atoms with E-state index < -0.39 is 6.04 Å². The summed E-state index contributed by atoms with van der Waals surface area (Å²) in [4.78, 5) is 30.7. The van der Waals surface area contributed by atoms with Gasteiger partial charge in [0.05, 0.1) is 0 Å². The molecule has 0 spiro atoms. The quantitative estimate of drug-likeness (QED) is 0.605. The Bertz CT molecular complexity index is 983. The minimum atomic E-state index is -0.651. The van der Waals surface area contributed by atoms with Gasteiger partial charge in [0, 0.05) is 53.8 Å². The van der Waals surface area contributed by atoms with Gasteiger partial charge < -0.3 is 20.5 Å². The molecule has 4 rings (SSSR count). The molecule has 3 aromatic rings. The lowest BCUT2D eigenvalue weighted by Crippen LogP contribution is -2.52. The van der Waals surface area contributed by atoms with E-state index in [2.05, 4.69) is 15.6 Å². The summed E-state index contributed by atoms with van der Waals surface area (Å²) >= 11 is 1.84. The lowest BCUT2D eigenvalue weighted by molar-refractivity contribution is -0.118. The number of H-pyrrole nitrogens is 1. The summed E-state index contributed by atoms with van der Waals surface area (Å²) in [5.41, 5.74) is 2.73. The second kappa shape index (κ2) is 9.05. The topological polar surface area (TPSA) is 77.2 Å². The van der Waals surface area contributed by atoms with Crippen LogP contribution in [0.25, 0.3) is 10.9 Å². The van der Waals surface area contributed by atoms with Gasteiger partial charge in [0.2, 0.25) is 5.91 Å². The fourth-order valence-electron chi connectivity index (χ4n) is 3.43. The van der Waals surface area contributed by atoms with Gasteiger partial charge in [-0.15, -0.1) is 0 Å². The summed E-state index contributed by atoms with van der Waals surface area (Å²) in [5, 5.41) is 6.93. The fraction of sp³-hybridized carbons (Fsp3) is 0.273. The smallest absolute Gasteiger partial charge is 0.318 e. The summed E-state index contributed by atoms with van der Waals surface area (Å²) in [7, 11) is 0. The molecule has 1 saturated heterocycles. The number of hydrogen-bond donors (Lipinski definition) is 3. The van der Waals surface area contributed by atoms with Crippen molar-refractivity contribution in [3.63, 3.8) is 0 Å². The van der Waals surface area contributed by atoms with Crippen molar-refractivity contribution < 1.29 is 9.59 Å². The van der Waals surface area contributed by atoms with Gasteiger partial charge in [-0.1, -0.05) is 30.3 Å². The predicted octanol–water partition coefficient (Wildman–Crippen LogP) is 3.48. The third kappa shape index (κ3) is 4.92. The van der Waals surface area contributed by atoms with E-state index in [4.69, 9.17) is 0 Å². The molecule has 1 atom stereocenters. The maximum absolute atomic E-state index is 13.1. The predicted molar refractivity (Wildman–Crippen MR) is 118 cm³/mol. The highest BCUT2D eigenvalue weighted by Crippen LogP contribution is 2.18. The van der Waals surface area contributed by atoms with Crippen molar-refractivity contribution in [1.82, 2.24) is 15.2 Å². The summed E-state index contributed by atoms with van der Waals surface area (Å²) in [6.45, 7) is 1.42. The number of hydrogen-bond acceptors (Lipinski definition) is 3. The molecule has 1 fully saturated rings. The van der Waals surface area contributed by atoms with Crippen LogP contribution in [0.5, 0.6) is 0 Å². The molecule has 0 aliphatic carbocycles. The normalized spacial score (nSPS) is 15.1. The summed E-state index contributed by atoms with van der Waals surface area (Å²) in [6.07, 6.45) is 2.30. The van der Waals surface area contributed by atoms with Crippen molar-refractivity contribution in [2.45, 2.75) is 12.5 Å². The van der Waals surface area contributed by atoms with E-state index in [-0.39, 0.29) is 11.9 Å². The number of thioether (sulfide) groups is 1. The zero-order valence-electron chi connectivity index (χ0n) is 16.1. The maximum atomic E-state index is 13.1. The number of aromatic amines is 1. The Morgan fingerprint density at radius 2 is 1.86 bits per heavy atom. The molecule has 0 bridgehead atoms. The molecule has 29 heavy (non-hydrogen) atoms. The fourth-order valence-corrected chi connectivity index (χ4v) is 4.33. The second-order valence-corrected chi connectivity index (χ2v) is 8.28. The molecule has 1 aromatic heterocycles. The third-order valence-corrected chi connectivity index (χ3v) is 5.96. The minimum absolute atomic E-state index is 0.178. The molecule has 2 aromatic carbocycles.